The van der Waals surface area contributed by atoms with Crippen LogP contribution in [0.1, 0.15) is 62.2 Å². The van der Waals surface area contributed by atoms with Gasteiger partial charge in [-0.25, -0.2) is 9.59 Å². The van der Waals surface area contributed by atoms with Gasteiger partial charge in [0.15, 0.2) is 0 Å². The fraction of sp³-hybridized carbons (Fsp3) is 0.333. The number of aromatic nitrogens is 1. The summed E-state index contributed by atoms with van der Waals surface area (Å²) in [5.74, 6) is -1.56. The smallest absolute Gasteiger partial charge is 0.411 e. The van der Waals surface area contributed by atoms with Gasteiger partial charge in [-0.05, 0) is 67.0 Å². The molecule has 1 fully saturated rings. The summed E-state index contributed by atoms with van der Waals surface area (Å²) in [6, 6.07) is 7.76. The average Bonchev–Trinajstić information content (AvgIpc) is 3.27. The molecular weight excluding hydrogens is 396 g/mol. The Morgan fingerprint density at radius 2 is 2.10 bits per heavy atom. The molecule has 31 heavy (non-hydrogen) atoms. The molecule has 3 aromatic rings. The van der Waals surface area contributed by atoms with Crippen molar-refractivity contribution in [2.75, 3.05) is 12.4 Å². The van der Waals surface area contributed by atoms with Crippen LogP contribution in [0, 0.1) is 0 Å². The summed E-state index contributed by atoms with van der Waals surface area (Å²) in [6.45, 7) is -2.63. The van der Waals surface area contributed by atoms with Gasteiger partial charge in [-0.1, -0.05) is 6.07 Å². The Labute approximate surface area is 196 Å². The summed E-state index contributed by atoms with van der Waals surface area (Å²) >= 11 is 0. The molecule has 0 atom stereocenters. The first kappa shape index (κ1) is 11.2. The predicted octanol–water partition coefficient (Wildman–Crippen LogP) is 4.97. The number of methoxy groups -OCH3 is 1. The highest BCUT2D eigenvalue weighted by molar-refractivity contribution is 5.92. The number of hydrogen-bond donors (Lipinski definition) is 2. The molecule has 1 aliphatic rings. The minimum Gasteiger partial charge on any atom is -0.496 e. The van der Waals surface area contributed by atoms with E-state index in [1.54, 1.807) is 0 Å². The zero-order chi connectivity index (χ0) is 31.5. The topological polar surface area (TPSA) is 89.8 Å². The number of aromatic carboxylic acids is 1. The summed E-state index contributed by atoms with van der Waals surface area (Å²) < 4.78 is 97.3. The van der Waals surface area contributed by atoms with E-state index in [9.17, 15) is 14.7 Å². The summed E-state index contributed by atoms with van der Waals surface area (Å²) in [5, 5.41) is 12.0. The van der Waals surface area contributed by atoms with Gasteiger partial charge < -0.3 is 19.1 Å². The number of carboxylic acid groups (broad SMARTS) is 1. The third-order valence-electron chi connectivity index (χ3n) is 4.83. The lowest BCUT2D eigenvalue weighted by atomic mass is 10.0. The van der Waals surface area contributed by atoms with Crippen LogP contribution in [0.4, 0.5) is 10.5 Å². The molecule has 0 radical (unpaired) electrons. The van der Waals surface area contributed by atoms with Crippen LogP contribution in [0.2, 0.25) is 0 Å². The number of ether oxygens (including phenoxy) is 2. The van der Waals surface area contributed by atoms with Crippen LogP contribution in [0.25, 0.3) is 10.9 Å². The third-order valence-corrected chi connectivity index (χ3v) is 4.83. The first-order chi connectivity index (χ1) is 19.1. The number of aryl methyl sites for hydroxylation is 1. The van der Waals surface area contributed by atoms with Gasteiger partial charge in [-0.3, -0.25) is 5.32 Å². The van der Waals surface area contributed by atoms with Crippen molar-refractivity contribution in [3.05, 3.63) is 59.3 Å². The Hall–Kier alpha value is -3.48. The van der Waals surface area contributed by atoms with E-state index in [0.717, 1.165) is 10.6 Å². The van der Waals surface area contributed by atoms with E-state index < -0.39 is 44.9 Å². The molecule has 0 unspecified atom stereocenters. The molecule has 0 spiro atoms. The maximum Gasteiger partial charge on any atom is 0.411 e. The Bertz CT molecular complexity index is 1530. The fourth-order valence-electron chi connectivity index (χ4n) is 3.37. The van der Waals surface area contributed by atoms with Crippen molar-refractivity contribution in [2.24, 2.45) is 6.98 Å². The summed E-state index contributed by atoms with van der Waals surface area (Å²) in [6.07, 6.45) is -8.46. The number of benzene rings is 2. The Kier molecular flexibility index (Phi) is 3.16. The van der Waals surface area contributed by atoms with Gasteiger partial charge in [-0.2, -0.15) is 0 Å². The molecule has 0 bridgehead atoms. The molecule has 4 rings (SSSR count). The van der Waals surface area contributed by atoms with Gasteiger partial charge in [0.05, 0.1) is 18.1 Å². The number of carbonyl (C=O) groups is 2. The molecule has 2 aromatic carbocycles. The molecule has 1 heterocycles. The lowest BCUT2D eigenvalue weighted by Gasteiger charge is -2.12. The van der Waals surface area contributed by atoms with Crippen molar-refractivity contribution >= 4 is 28.7 Å². The monoisotopic (exact) mass is 433 g/mol. The minimum atomic E-state index is -2.91. The Morgan fingerprint density at radius 3 is 2.84 bits per heavy atom. The van der Waals surface area contributed by atoms with Gasteiger partial charge in [-0.15, -0.1) is 0 Å². The second kappa shape index (κ2) is 8.71. The van der Waals surface area contributed by atoms with E-state index in [4.69, 9.17) is 24.6 Å². The molecule has 7 heteroatoms. The fourth-order valence-corrected chi connectivity index (χ4v) is 3.37. The molecule has 2 N–H and O–H groups in total. The number of carboxylic acids is 1. The highest BCUT2D eigenvalue weighted by atomic mass is 16.6. The second-order valence-electron chi connectivity index (χ2n) is 6.86. The van der Waals surface area contributed by atoms with E-state index in [-0.39, 0.29) is 47.3 Å². The first-order valence-corrected chi connectivity index (χ1v) is 9.33. The highest BCUT2D eigenvalue weighted by Crippen LogP contribution is 2.30. The standard InChI is InChI=1S/C24H26N2O5/c1-26-14-17(11-15-7-8-16(23(27)28)12-22(15)30-2)20-13-18(9-10-21(20)26)25-24(29)31-19-5-3-4-6-19/h7-10,12-14,19H,3-6,11H2,1-2H3,(H,25,29)(H,27,28)/i1D3,2D3,5D2,6D2,19D. The van der Waals surface area contributed by atoms with Crippen LogP contribution in [-0.4, -0.2) is 34.9 Å². The number of nitrogens with one attached hydrogen (secondary N) is 1. The molecule has 0 aliphatic heterocycles. The van der Waals surface area contributed by atoms with Crippen LogP contribution in [-0.2, 0) is 18.1 Å². The zero-order valence-corrected chi connectivity index (χ0v) is 16.2. The quantitative estimate of drug-likeness (QED) is 0.573. The van der Waals surface area contributed by atoms with E-state index in [0.29, 0.717) is 10.9 Å². The number of carbonyl (C=O) groups excluding carboxylic acids is 1. The van der Waals surface area contributed by atoms with Crippen molar-refractivity contribution in [3.8, 4) is 5.75 Å². The Morgan fingerprint density at radius 1 is 1.26 bits per heavy atom. The van der Waals surface area contributed by atoms with Gasteiger partial charge in [0.2, 0.25) is 0 Å². The first-order valence-electron chi connectivity index (χ1n) is 14.8. The number of anilines is 1. The largest absolute Gasteiger partial charge is 0.496 e. The molecule has 7 nitrogen and oxygen atoms in total. The lowest BCUT2D eigenvalue weighted by Crippen LogP contribution is -2.20. The van der Waals surface area contributed by atoms with E-state index >= 15 is 0 Å². The SMILES string of the molecule is [2H]C([2H])([2H])Oc1cc(C(=O)O)ccc1Cc1cn(C([2H])([2H])[2H])c2ccc(NC(=O)OC3([2H])C([2H])([2H])CCC3([2H])[2H])cc12. The zero-order valence-electron chi connectivity index (χ0n) is 27.2. The van der Waals surface area contributed by atoms with E-state index in [1.807, 2.05) is 0 Å². The third kappa shape index (κ3) is 4.50. The number of amides is 1. The van der Waals surface area contributed by atoms with Crippen molar-refractivity contribution in [1.29, 1.82) is 0 Å². The van der Waals surface area contributed by atoms with Gasteiger partial charge in [0.1, 0.15) is 11.8 Å². The molecule has 1 saturated carbocycles. The van der Waals surface area contributed by atoms with Crippen molar-refractivity contribution < 1.29 is 39.2 Å². The van der Waals surface area contributed by atoms with Crippen molar-refractivity contribution in [1.82, 2.24) is 4.57 Å². The summed E-state index contributed by atoms with van der Waals surface area (Å²) in [5.41, 5.74) is 0.623. The highest BCUT2D eigenvalue weighted by Gasteiger charge is 2.19. The predicted molar refractivity (Wildman–Crippen MR) is 118 cm³/mol. The van der Waals surface area contributed by atoms with Gasteiger partial charge in [0, 0.05) is 45.8 Å². The average molecular weight is 434 g/mol. The van der Waals surface area contributed by atoms with Crippen molar-refractivity contribution in [3.63, 3.8) is 0 Å². The van der Waals surface area contributed by atoms with Crippen molar-refractivity contribution in [2.45, 2.75) is 38.1 Å². The number of rotatable bonds is 6. The number of nitrogens with zero attached hydrogens (tertiary/aromatic N) is 1. The summed E-state index contributed by atoms with van der Waals surface area (Å²) in [7, 11) is -2.91. The number of fused-ring (bicyclic) bond motifs is 1. The van der Waals surface area contributed by atoms with E-state index in [1.165, 1.54) is 36.5 Å². The van der Waals surface area contributed by atoms with Crippen LogP contribution >= 0.6 is 0 Å². The minimum absolute atomic E-state index is 0.0555. The van der Waals surface area contributed by atoms with Crippen LogP contribution < -0.4 is 10.1 Å². The molecule has 1 aromatic heterocycles. The molecule has 0 saturated heterocycles. The molecule has 1 amide bonds. The maximum absolute atomic E-state index is 12.7. The van der Waals surface area contributed by atoms with E-state index in [2.05, 4.69) is 5.32 Å². The Balaban J connectivity index is 1.72. The number of hydrogen-bond acceptors (Lipinski definition) is 4. The lowest BCUT2D eigenvalue weighted by molar-refractivity contribution is 0.0696. The molecular formula is C24H26N2O5. The van der Waals surface area contributed by atoms with Gasteiger partial charge >= 0.3 is 12.1 Å². The normalized spacial score (nSPS) is 24.3. The van der Waals surface area contributed by atoms with Gasteiger partial charge in [0.25, 0.3) is 0 Å². The van der Waals surface area contributed by atoms with Crippen LogP contribution in [0.5, 0.6) is 5.75 Å². The molecule has 1 aliphatic carbocycles. The maximum atomic E-state index is 12.7. The summed E-state index contributed by atoms with van der Waals surface area (Å²) in [4.78, 5) is 24.1. The second-order valence-corrected chi connectivity index (χ2v) is 6.86. The van der Waals surface area contributed by atoms with Crippen LogP contribution in [0.3, 0.4) is 0 Å². The van der Waals surface area contributed by atoms with Crippen LogP contribution in [0.15, 0.2) is 42.6 Å². The molecule has 162 valence electrons.